The van der Waals surface area contributed by atoms with Crippen molar-refractivity contribution in [2.24, 2.45) is 5.41 Å². The number of hydrogen-bond donors (Lipinski definition) is 2. The SMILES string of the molecule is Fc1ccccc1CNCC1(CNC2C[C@@H]2c2ccccc2)CCC1. The van der Waals surface area contributed by atoms with Gasteiger partial charge in [0.1, 0.15) is 5.82 Å². The smallest absolute Gasteiger partial charge is 0.127 e. The first-order valence-corrected chi connectivity index (χ1v) is 9.48. The zero-order valence-corrected chi connectivity index (χ0v) is 14.7. The Kier molecular flexibility index (Phi) is 4.87. The molecule has 2 fully saturated rings. The van der Waals surface area contributed by atoms with Crippen molar-refractivity contribution >= 4 is 0 Å². The van der Waals surface area contributed by atoms with Crippen LogP contribution in [0.4, 0.5) is 4.39 Å². The summed E-state index contributed by atoms with van der Waals surface area (Å²) in [6.45, 7) is 2.66. The fourth-order valence-corrected chi connectivity index (χ4v) is 4.03. The van der Waals surface area contributed by atoms with Gasteiger partial charge in [-0.25, -0.2) is 4.39 Å². The van der Waals surface area contributed by atoms with E-state index in [-0.39, 0.29) is 5.82 Å². The Hall–Kier alpha value is -1.71. The molecule has 2 atom stereocenters. The van der Waals surface area contributed by atoms with Crippen LogP contribution in [0.3, 0.4) is 0 Å². The van der Waals surface area contributed by atoms with E-state index in [1.807, 2.05) is 12.1 Å². The molecule has 2 N–H and O–H groups in total. The van der Waals surface area contributed by atoms with Crippen molar-refractivity contribution < 1.29 is 4.39 Å². The first-order chi connectivity index (χ1) is 12.3. The molecule has 2 aromatic rings. The predicted molar refractivity (Wildman–Crippen MR) is 100.0 cm³/mol. The normalized spacial score (nSPS) is 23.9. The van der Waals surface area contributed by atoms with Gasteiger partial charge in [0.05, 0.1) is 0 Å². The molecule has 4 rings (SSSR count). The van der Waals surface area contributed by atoms with Crippen molar-refractivity contribution in [1.29, 1.82) is 0 Å². The molecule has 25 heavy (non-hydrogen) atoms. The fraction of sp³-hybridized carbons (Fsp3) is 0.455. The standard InChI is InChI=1S/C22H27FN2/c23-20-10-5-4-9-18(20)14-24-15-22(11-6-12-22)16-25-21-13-19(21)17-7-2-1-3-8-17/h1-5,7-10,19,21,24-25H,6,11-16H2/t19-,21?/m1/s1. The number of nitrogens with one attached hydrogen (secondary N) is 2. The lowest BCUT2D eigenvalue weighted by Crippen LogP contribution is -2.47. The molecule has 3 heteroatoms. The second-order valence-electron chi connectivity index (χ2n) is 7.79. The maximum Gasteiger partial charge on any atom is 0.127 e. The van der Waals surface area contributed by atoms with Gasteiger partial charge in [-0.1, -0.05) is 55.0 Å². The van der Waals surface area contributed by atoms with Crippen LogP contribution in [0.25, 0.3) is 0 Å². The highest BCUT2D eigenvalue weighted by Crippen LogP contribution is 2.44. The first-order valence-electron chi connectivity index (χ1n) is 9.48. The molecular formula is C22H27FN2. The number of hydrogen-bond acceptors (Lipinski definition) is 2. The summed E-state index contributed by atoms with van der Waals surface area (Å²) in [6, 6.07) is 18.5. The number of halogens is 1. The third-order valence-electron chi connectivity index (χ3n) is 5.94. The zero-order chi connectivity index (χ0) is 17.1. The Morgan fingerprint density at radius 1 is 0.960 bits per heavy atom. The van der Waals surface area contributed by atoms with Crippen molar-refractivity contribution in [2.45, 2.75) is 44.2 Å². The highest BCUT2D eigenvalue weighted by atomic mass is 19.1. The third kappa shape index (κ3) is 3.94. The van der Waals surface area contributed by atoms with Crippen molar-refractivity contribution in [3.8, 4) is 0 Å². The largest absolute Gasteiger partial charge is 0.313 e. The van der Waals surface area contributed by atoms with Crippen LogP contribution in [0.1, 0.15) is 42.7 Å². The Balaban J connectivity index is 1.24. The molecule has 0 aromatic heterocycles. The zero-order valence-electron chi connectivity index (χ0n) is 14.7. The van der Waals surface area contributed by atoms with Crippen LogP contribution in [-0.4, -0.2) is 19.1 Å². The minimum Gasteiger partial charge on any atom is -0.313 e. The van der Waals surface area contributed by atoms with Gasteiger partial charge in [-0.15, -0.1) is 0 Å². The van der Waals surface area contributed by atoms with E-state index in [1.54, 1.807) is 6.07 Å². The first kappa shape index (κ1) is 16.7. The molecule has 0 aliphatic heterocycles. The molecule has 0 spiro atoms. The van der Waals surface area contributed by atoms with E-state index >= 15 is 0 Å². The Morgan fingerprint density at radius 3 is 2.44 bits per heavy atom. The molecular weight excluding hydrogens is 311 g/mol. The van der Waals surface area contributed by atoms with Gasteiger partial charge in [-0.05, 0) is 36.3 Å². The molecule has 0 heterocycles. The average molecular weight is 338 g/mol. The summed E-state index contributed by atoms with van der Waals surface area (Å²) >= 11 is 0. The maximum atomic E-state index is 13.7. The van der Waals surface area contributed by atoms with E-state index in [4.69, 9.17) is 0 Å². The lowest BCUT2D eigenvalue weighted by Gasteiger charge is -2.42. The van der Waals surface area contributed by atoms with Gasteiger partial charge in [0.25, 0.3) is 0 Å². The van der Waals surface area contributed by atoms with Crippen LogP contribution in [-0.2, 0) is 6.54 Å². The van der Waals surface area contributed by atoms with Crippen molar-refractivity contribution in [1.82, 2.24) is 10.6 Å². The average Bonchev–Trinajstić information content (AvgIpc) is 3.38. The predicted octanol–water partition coefficient (Wildman–Crippen LogP) is 4.23. The highest BCUT2D eigenvalue weighted by molar-refractivity contribution is 5.27. The molecule has 2 aliphatic rings. The summed E-state index contributed by atoms with van der Waals surface area (Å²) in [4.78, 5) is 0. The summed E-state index contributed by atoms with van der Waals surface area (Å²) in [7, 11) is 0. The van der Waals surface area contributed by atoms with E-state index < -0.39 is 0 Å². The summed E-state index contributed by atoms with van der Waals surface area (Å²) in [5.74, 6) is 0.573. The minimum atomic E-state index is -0.112. The monoisotopic (exact) mass is 338 g/mol. The summed E-state index contributed by atoms with van der Waals surface area (Å²) in [5, 5.41) is 7.29. The van der Waals surface area contributed by atoms with Crippen molar-refractivity contribution in [2.75, 3.05) is 13.1 Å². The molecule has 0 radical (unpaired) electrons. The van der Waals surface area contributed by atoms with E-state index in [1.165, 1.54) is 37.3 Å². The maximum absolute atomic E-state index is 13.7. The van der Waals surface area contributed by atoms with E-state index in [9.17, 15) is 4.39 Å². The minimum absolute atomic E-state index is 0.112. The molecule has 0 amide bonds. The Bertz CT molecular complexity index is 696. The van der Waals surface area contributed by atoms with E-state index in [0.717, 1.165) is 18.7 Å². The van der Waals surface area contributed by atoms with Crippen LogP contribution < -0.4 is 10.6 Å². The summed E-state index contributed by atoms with van der Waals surface area (Å²) in [5.41, 5.74) is 2.58. The quantitative estimate of drug-likeness (QED) is 0.753. The third-order valence-corrected chi connectivity index (χ3v) is 5.94. The van der Waals surface area contributed by atoms with E-state index in [0.29, 0.717) is 23.9 Å². The van der Waals surface area contributed by atoms with Crippen molar-refractivity contribution in [3.05, 3.63) is 71.5 Å². The van der Waals surface area contributed by atoms with Gasteiger partial charge in [-0.2, -0.15) is 0 Å². The molecule has 0 saturated heterocycles. The van der Waals surface area contributed by atoms with Crippen LogP contribution in [0.2, 0.25) is 0 Å². The Labute approximate surface area is 149 Å². The summed E-state index contributed by atoms with van der Waals surface area (Å²) in [6.07, 6.45) is 5.11. The molecule has 2 nitrogen and oxygen atoms in total. The fourth-order valence-electron chi connectivity index (χ4n) is 4.03. The van der Waals surface area contributed by atoms with Crippen LogP contribution in [0, 0.1) is 11.2 Å². The number of rotatable bonds is 8. The van der Waals surface area contributed by atoms with Gasteiger partial charge in [0.2, 0.25) is 0 Å². The number of benzene rings is 2. The van der Waals surface area contributed by atoms with Crippen molar-refractivity contribution in [3.63, 3.8) is 0 Å². The van der Waals surface area contributed by atoms with E-state index in [2.05, 4.69) is 41.0 Å². The lowest BCUT2D eigenvalue weighted by atomic mass is 9.68. The van der Waals surface area contributed by atoms with Gasteiger partial charge >= 0.3 is 0 Å². The van der Waals surface area contributed by atoms with Gasteiger partial charge < -0.3 is 10.6 Å². The topological polar surface area (TPSA) is 24.1 Å². The van der Waals surface area contributed by atoms with Gasteiger partial charge in [-0.3, -0.25) is 0 Å². The van der Waals surface area contributed by atoms with Gasteiger partial charge in [0.15, 0.2) is 0 Å². The van der Waals surface area contributed by atoms with Crippen LogP contribution in [0.15, 0.2) is 54.6 Å². The molecule has 2 saturated carbocycles. The summed E-state index contributed by atoms with van der Waals surface area (Å²) < 4.78 is 13.7. The molecule has 132 valence electrons. The van der Waals surface area contributed by atoms with Crippen LogP contribution in [0.5, 0.6) is 0 Å². The lowest BCUT2D eigenvalue weighted by molar-refractivity contribution is 0.126. The van der Waals surface area contributed by atoms with Gasteiger partial charge in [0, 0.05) is 37.2 Å². The second kappa shape index (κ2) is 7.27. The molecule has 2 aliphatic carbocycles. The Morgan fingerprint density at radius 2 is 1.72 bits per heavy atom. The molecule has 0 bridgehead atoms. The molecule has 1 unspecified atom stereocenters. The highest BCUT2D eigenvalue weighted by Gasteiger charge is 2.42. The van der Waals surface area contributed by atoms with Crippen LogP contribution >= 0.6 is 0 Å². The second-order valence-corrected chi connectivity index (χ2v) is 7.79. The molecule has 2 aromatic carbocycles.